The quantitative estimate of drug-likeness (QED) is 0.566. The molecule has 22 heavy (non-hydrogen) atoms. The van der Waals surface area contributed by atoms with Gasteiger partial charge in [-0.1, -0.05) is 30.7 Å². The van der Waals surface area contributed by atoms with E-state index >= 15 is 0 Å². The van der Waals surface area contributed by atoms with E-state index in [0.29, 0.717) is 5.89 Å². The fourth-order valence-corrected chi connectivity index (χ4v) is 3.42. The second-order valence-electron chi connectivity index (χ2n) is 4.75. The molecule has 7 nitrogen and oxygen atoms in total. The van der Waals surface area contributed by atoms with Crippen molar-refractivity contribution in [3.8, 4) is 0 Å². The Kier molecular flexibility index (Phi) is 4.34. The number of amides is 1. The van der Waals surface area contributed by atoms with Crippen molar-refractivity contribution in [3.63, 3.8) is 0 Å². The van der Waals surface area contributed by atoms with Crippen LogP contribution in [0.1, 0.15) is 25.7 Å². The van der Waals surface area contributed by atoms with Crippen molar-refractivity contribution in [2.24, 2.45) is 0 Å². The van der Waals surface area contributed by atoms with Gasteiger partial charge in [-0.05, 0) is 11.4 Å². The average molecular weight is 335 g/mol. The second kappa shape index (κ2) is 6.41. The molecule has 0 atom stereocenters. The van der Waals surface area contributed by atoms with Gasteiger partial charge < -0.3 is 4.42 Å². The lowest BCUT2D eigenvalue weighted by atomic mass is 10.2. The zero-order chi connectivity index (χ0) is 15.5. The van der Waals surface area contributed by atoms with E-state index in [4.69, 9.17) is 4.42 Å². The maximum absolute atomic E-state index is 11.9. The van der Waals surface area contributed by atoms with Gasteiger partial charge in [0.15, 0.2) is 0 Å². The highest BCUT2D eigenvalue weighted by molar-refractivity contribution is 8.00. The van der Waals surface area contributed by atoms with Gasteiger partial charge in [0.2, 0.25) is 11.8 Å². The van der Waals surface area contributed by atoms with Gasteiger partial charge in [0.05, 0.1) is 16.0 Å². The number of thiophene rings is 1. The number of hydrogen-bond acceptors (Lipinski definition) is 8. The van der Waals surface area contributed by atoms with Crippen LogP contribution in [0.4, 0.5) is 6.01 Å². The summed E-state index contributed by atoms with van der Waals surface area (Å²) in [6, 6.07) is 2.05. The summed E-state index contributed by atoms with van der Waals surface area (Å²) in [6.07, 6.45) is 1.50. The van der Waals surface area contributed by atoms with Crippen LogP contribution in [-0.4, -0.2) is 31.8 Å². The molecule has 0 aliphatic rings. The topological polar surface area (TPSA) is 93.8 Å². The minimum atomic E-state index is -0.215. The van der Waals surface area contributed by atoms with Crippen molar-refractivity contribution in [2.75, 3.05) is 11.1 Å². The van der Waals surface area contributed by atoms with Crippen LogP contribution in [-0.2, 0) is 4.79 Å². The smallest absolute Gasteiger partial charge is 0.322 e. The van der Waals surface area contributed by atoms with Crippen LogP contribution >= 0.6 is 23.1 Å². The van der Waals surface area contributed by atoms with Crippen molar-refractivity contribution in [3.05, 3.63) is 23.7 Å². The highest BCUT2D eigenvalue weighted by Gasteiger charge is 2.13. The molecule has 0 bridgehead atoms. The molecule has 0 fully saturated rings. The predicted octanol–water partition coefficient (Wildman–Crippen LogP) is 2.93. The molecule has 3 heterocycles. The van der Waals surface area contributed by atoms with Crippen LogP contribution < -0.4 is 5.32 Å². The Balaban J connectivity index is 1.61. The zero-order valence-electron chi connectivity index (χ0n) is 11.9. The molecule has 0 saturated carbocycles. The highest BCUT2D eigenvalue weighted by Crippen LogP contribution is 2.28. The van der Waals surface area contributed by atoms with Gasteiger partial charge in [0.1, 0.15) is 11.4 Å². The molecule has 1 N–H and O–H groups in total. The van der Waals surface area contributed by atoms with E-state index in [2.05, 4.69) is 25.5 Å². The Morgan fingerprint density at radius 2 is 2.27 bits per heavy atom. The van der Waals surface area contributed by atoms with Crippen LogP contribution in [0.25, 0.3) is 10.2 Å². The van der Waals surface area contributed by atoms with E-state index in [1.165, 1.54) is 18.1 Å². The maximum Gasteiger partial charge on any atom is 0.322 e. The fraction of sp³-hybridized carbons (Fsp3) is 0.308. The first-order valence-electron chi connectivity index (χ1n) is 6.57. The number of hydrogen-bond donors (Lipinski definition) is 1. The third-order valence-electron chi connectivity index (χ3n) is 2.73. The average Bonchev–Trinajstić information content (AvgIpc) is 3.13. The second-order valence-corrected chi connectivity index (χ2v) is 6.63. The summed E-state index contributed by atoms with van der Waals surface area (Å²) >= 11 is 2.91. The minimum absolute atomic E-state index is 0.123. The number of rotatable bonds is 5. The first-order valence-corrected chi connectivity index (χ1v) is 8.44. The summed E-state index contributed by atoms with van der Waals surface area (Å²) in [6.45, 7) is 3.88. The van der Waals surface area contributed by atoms with Crippen molar-refractivity contribution in [2.45, 2.75) is 24.8 Å². The minimum Gasteiger partial charge on any atom is -0.408 e. The summed E-state index contributed by atoms with van der Waals surface area (Å²) in [5, 5.41) is 13.0. The number of aromatic nitrogens is 4. The first-order chi connectivity index (χ1) is 10.6. The molecular formula is C13H13N5O2S2. The monoisotopic (exact) mass is 335 g/mol. The Labute approximate surface area is 134 Å². The highest BCUT2D eigenvalue weighted by atomic mass is 32.2. The molecule has 0 aliphatic heterocycles. The normalized spacial score (nSPS) is 11.2. The molecule has 0 unspecified atom stereocenters. The van der Waals surface area contributed by atoms with E-state index in [1.807, 2.05) is 25.3 Å². The van der Waals surface area contributed by atoms with Crippen molar-refractivity contribution >= 4 is 45.2 Å². The van der Waals surface area contributed by atoms with Crippen LogP contribution in [0.5, 0.6) is 0 Å². The number of anilines is 1. The van der Waals surface area contributed by atoms with Crippen molar-refractivity contribution in [1.29, 1.82) is 0 Å². The molecular weight excluding hydrogens is 322 g/mol. The van der Waals surface area contributed by atoms with E-state index in [1.54, 1.807) is 11.3 Å². The summed E-state index contributed by atoms with van der Waals surface area (Å²) in [5.41, 5.74) is 0.890. The Morgan fingerprint density at radius 1 is 1.41 bits per heavy atom. The number of thioether (sulfide) groups is 1. The molecule has 0 aromatic carbocycles. The standard InChI is InChI=1S/C13H13N5O2S2/c1-7(2)11-17-18-13(20-11)16-9(19)5-22-12-10-8(3-4-21-10)14-6-15-12/h3-4,6-7H,5H2,1-2H3,(H,16,18,19). The van der Waals surface area contributed by atoms with Crippen molar-refractivity contribution < 1.29 is 9.21 Å². The van der Waals surface area contributed by atoms with E-state index < -0.39 is 0 Å². The number of carbonyl (C=O) groups is 1. The molecule has 0 saturated heterocycles. The molecule has 114 valence electrons. The Bertz CT molecular complexity index is 798. The fourth-order valence-electron chi connectivity index (χ4n) is 1.68. The Morgan fingerprint density at radius 3 is 3.05 bits per heavy atom. The third kappa shape index (κ3) is 3.25. The summed E-state index contributed by atoms with van der Waals surface area (Å²) in [5.74, 6) is 0.621. The summed E-state index contributed by atoms with van der Waals surface area (Å²) < 4.78 is 6.32. The molecule has 3 aromatic rings. The van der Waals surface area contributed by atoms with Crippen LogP contribution in [0.15, 0.2) is 27.2 Å². The van der Waals surface area contributed by atoms with Crippen molar-refractivity contribution in [1.82, 2.24) is 20.2 Å². The molecule has 0 spiro atoms. The van der Waals surface area contributed by atoms with Gasteiger partial charge in [-0.3, -0.25) is 10.1 Å². The molecule has 1 amide bonds. The molecule has 0 radical (unpaired) electrons. The van der Waals surface area contributed by atoms with E-state index in [-0.39, 0.29) is 23.6 Å². The summed E-state index contributed by atoms with van der Waals surface area (Å²) in [4.78, 5) is 20.3. The lowest BCUT2D eigenvalue weighted by Crippen LogP contribution is -2.14. The molecule has 9 heteroatoms. The van der Waals surface area contributed by atoms with Crippen LogP contribution in [0, 0.1) is 0 Å². The number of nitrogens with one attached hydrogen (secondary N) is 1. The van der Waals surface area contributed by atoms with Gasteiger partial charge in [-0.15, -0.1) is 16.4 Å². The van der Waals surface area contributed by atoms with Crippen LogP contribution in [0.3, 0.4) is 0 Å². The third-order valence-corrected chi connectivity index (χ3v) is 4.76. The number of fused-ring (bicyclic) bond motifs is 1. The summed E-state index contributed by atoms with van der Waals surface area (Å²) in [7, 11) is 0. The lowest BCUT2D eigenvalue weighted by Gasteiger charge is -2.01. The van der Waals surface area contributed by atoms with Crippen LogP contribution in [0.2, 0.25) is 0 Å². The predicted molar refractivity (Wildman–Crippen MR) is 85.2 cm³/mol. The van der Waals surface area contributed by atoms with E-state index in [9.17, 15) is 4.79 Å². The van der Waals surface area contributed by atoms with E-state index in [0.717, 1.165) is 15.2 Å². The molecule has 3 rings (SSSR count). The number of nitrogens with zero attached hydrogens (tertiary/aromatic N) is 4. The first kappa shape index (κ1) is 14.9. The lowest BCUT2D eigenvalue weighted by molar-refractivity contribution is -0.113. The SMILES string of the molecule is CC(C)c1nnc(NC(=O)CSc2ncnc3ccsc23)o1. The van der Waals surface area contributed by atoms with Gasteiger partial charge in [0.25, 0.3) is 0 Å². The van der Waals surface area contributed by atoms with Gasteiger partial charge in [0, 0.05) is 5.92 Å². The van der Waals surface area contributed by atoms with Gasteiger partial charge in [-0.25, -0.2) is 9.97 Å². The van der Waals surface area contributed by atoms with Gasteiger partial charge >= 0.3 is 6.01 Å². The molecule has 0 aliphatic carbocycles. The zero-order valence-corrected chi connectivity index (χ0v) is 13.6. The number of carbonyl (C=O) groups excluding carboxylic acids is 1. The maximum atomic E-state index is 11.9. The molecule has 3 aromatic heterocycles. The van der Waals surface area contributed by atoms with Gasteiger partial charge in [-0.2, -0.15) is 0 Å². The Hall–Kier alpha value is -2.00. The largest absolute Gasteiger partial charge is 0.408 e.